The first kappa shape index (κ1) is 7.77. The topological polar surface area (TPSA) is 20.3 Å². The maximum atomic E-state index is 10.4. The van der Waals surface area contributed by atoms with Crippen LogP contribution in [-0.2, 0) is 4.57 Å². The zero-order valence-electron chi connectivity index (χ0n) is 4.06. The van der Waals surface area contributed by atoms with Crippen molar-refractivity contribution in [3.63, 3.8) is 0 Å². The molecule has 0 aromatic heterocycles. The average Bonchev–Trinajstić information content (AvgIpc) is 1.31. The molecule has 0 bridgehead atoms. The Morgan fingerprint density at radius 1 is 1.43 bits per heavy atom. The van der Waals surface area contributed by atoms with Crippen molar-refractivity contribution in [3.8, 4) is 0 Å². The SMILES string of the molecule is CN(C)P(=O)(Cl)Cl. The van der Waals surface area contributed by atoms with Crippen LogP contribution < -0.4 is 0 Å². The van der Waals surface area contributed by atoms with E-state index in [4.69, 9.17) is 22.5 Å². The van der Waals surface area contributed by atoms with E-state index in [0.29, 0.717) is 0 Å². The van der Waals surface area contributed by atoms with Crippen LogP contribution in [0.2, 0.25) is 0 Å². The van der Waals surface area contributed by atoms with Gasteiger partial charge in [0.1, 0.15) is 0 Å². The Bertz CT molecular complexity index is 97.9. The monoisotopic (exact) mass is 161 g/mol. The summed E-state index contributed by atoms with van der Waals surface area (Å²) >= 11 is 10.2. The van der Waals surface area contributed by atoms with Crippen molar-refractivity contribution < 1.29 is 4.57 Å². The molecule has 0 amide bonds. The second-order valence-electron chi connectivity index (χ2n) is 1.28. The van der Waals surface area contributed by atoms with Crippen molar-refractivity contribution in [2.75, 3.05) is 14.1 Å². The van der Waals surface area contributed by atoms with Crippen molar-refractivity contribution in [1.82, 2.24) is 4.67 Å². The summed E-state index contributed by atoms with van der Waals surface area (Å²) in [4.78, 5) is 0. The summed E-state index contributed by atoms with van der Waals surface area (Å²) in [6.45, 7) is 0. The maximum absolute atomic E-state index is 10.4. The molecule has 7 heavy (non-hydrogen) atoms. The van der Waals surface area contributed by atoms with Crippen molar-refractivity contribution in [3.05, 3.63) is 0 Å². The molecule has 0 fully saturated rings. The highest BCUT2D eigenvalue weighted by Gasteiger charge is 2.15. The number of nitrogens with zero attached hydrogens (tertiary/aromatic N) is 1. The van der Waals surface area contributed by atoms with E-state index in [1.165, 1.54) is 4.67 Å². The van der Waals surface area contributed by atoms with Gasteiger partial charge in [0.2, 0.25) is 0 Å². The smallest absolute Gasteiger partial charge is 0.271 e. The van der Waals surface area contributed by atoms with E-state index in [1.807, 2.05) is 0 Å². The normalized spacial score (nSPS) is 12.7. The predicted molar refractivity (Wildman–Crippen MR) is 33.0 cm³/mol. The van der Waals surface area contributed by atoms with Gasteiger partial charge in [0.25, 0.3) is 0 Å². The molecule has 2 nitrogen and oxygen atoms in total. The van der Waals surface area contributed by atoms with Crippen LogP contribution in [0.25, 0.3) is 0 Å². The van der Waals surface area contributed by atoms with Gasteiger partial charge in [-0.1, -0.05) is 0 Å². The van der Waals surface area contributed by atoms with Crippen LogP contribution in [-0.4, -0.2) is 18.8 Å². The molecule has 0 rings (SSSR count). The lowest BCUT2D eigenvalue weighted by Crippen LogP contribution is -1.99. The van der Waals surface area contributed by atoms with Gasteiger partial charge in [-0.2, -0.15) is 0 Å². The number of hydrogen-bond acceptors (Lipinski definition) is 1. The van der Waals surface area contributed by atoms with E-state index < -0.39 is 6.00 Å². The molecule has 44 valence electrons. The Morgan fingerprint density at radius 3 is 1.57 bits per heavy atom. The van der Waals surface area contributed by atoms with E-state index in [2.05, 4.69) is 0 Å². The molecule has 0 radical (unpaired) electrons. The number of hydrogen-bond donors (Lipinski definition) is 0. The van der Waals surface area contributed by atoms with E-state index in [9.17, 15) is 4.57 Å². The van der Waals surface area contributed by atoms with E-state index >= 15 is 0 Å². The Labute approximate surface area is 52.4 Å². The lowest BCUT2D eigenvalue weighted by molar-refractivity contribution is 0.542. The fraction of sp³-hybridized carbons (Fsp3) is 1.00. The summed E-state index contributed by atoms with van der Waals surface area (Å²) in [6, 6.07) is 0. The Hall–Kier alpha value is 0.770. The minimum Gasteiger partial charge on any atom is -0.271 e. The molecule has 0 aliphatic carbocycles. The van der Waals surface area contributed by atoms with E-state index in [0.717, 1.165) is 0 Å². The van der Waals surface area contributed by atoms with Crippen LogP contribution in [0.4, 0.5) is 0 Å². The summed E-state index contributed by atoms with van der Waals surface area (Å²) < 4.78 is 11.6. The molecule has 5 heteroatoms. The zero-order valence-corrected chi connectivity index (χ0v) is 6.46. The van der Waals surface area contributed by atoms with Crippen molar-refractivity contribution in [1.29, 1.82) is 0 Å². The molecule has 0 aromatic rings. The summed E-state index contributed by atoms with van der Waals surface area (Å²) in [6.07, 6.45) is 0. The number of rotatable bonds is 1. The minimum atomic E-state index is -2.96. The zero-order chi connectivity index (χ0) is 6.08. The molecule has 0 aliphatic heterocycles. The molecule has 0 saturated heterocycles. The molecule has 0 spiro atoms. The lowest BCUT2D eigenvalue weighted by atomic mass is 11.3. The second kappa shape index (κ2) is 2.36. The van der Waals surface area contributed by atoms with Gasteiger partial charge in [0.15, 0.2) is 0 Å². The van der Waals surface area contributed by atoms with Crippen LogP contribution in [0.1, 0.15) is 0 Å². The third-order valence-electron chi connectivity index (χ3n) is 0.466. The molecule has 0 saturated carbocycles. The molecule has 0 aliphatic rings. The van der Waals surface area contributed by atoms with Crippen LogP contribution >= 0.6 is 28.5 Å². The van der Waals surface area contributed by atoms with Gasteiger partial charge >= 0.3 is 6.00 Å². The van der Waals surface area contributed by atoms with Gasteiger partial charge in [0, 0.05) is 0 Å². The Kier molecular flexibility index (Phi) is 2.62. The highest BCUT2D eigenvalue weighted by Crippen LogP contribution is 2.57. The highest BCUT2D eigenvalue weighted by atomic mass is 35.9. The molecule has 0 heterocycles. The standard InChI is InChI=1S/C2H6Cl2NOP/c1-5(2)7(3,4)6/h1-2H3. The van der Waals surface area contributed by atoms with E-state index in [-0.39, 0.29) is 0 Å². The summed E-state index contributed by atoms with van der Waals surface area (Å²) in [5, 5.41) is 0. The fourth-order valence-corrected chi connectivity index (χ4v) is 0. The van der Waals surface area contributed by atoms with Gasteiger partial charge in [-0.25, -0.2) is 4.67 Å². The van der Waals surface area contributed by atoms with Gasteiger partial charge < -0.3 is 0 Å². The highest BCUT2D eigenvalue weighted by molar-refractivity contribution is 8.06. The first-order valence-corrected chi connectivity index (χ1v) is 5.08. The van der Waals surface area contributed by atoms with Crippen LogP contribution in [0.3, 0.4) is 0 Å². The molecule has 0 atom stereocenters. The molecule has 0 unspecified atom stereocenters. The third kappa shape index (κ3) is 3.36. The van der Waals surface area contributed by atoms with Crippen molar-refractivity contribution >= 4 is 28.5 Å². The lowest BCUT2D eigenvalue weighted by Gasteiger charge is -2.07. The summed E-state index contributed by atoms with van der Waals surface area (Å²) in [7, 11) is 3.11. The average molecular weight is 162 g/mol. The molecular formula is C2H6Cl2NOP. The third-order valence-corrected chi connectivity index (χ3v) is 3.21. The first-order valence-electron chi connectivity index (χ1n) is 1.62. The first-order chi connectivity index (χ1) is 2.94. The quantitative estimate of drug-likeness (QED) is 0.550. The largest absolute Gasteiger partial charge is 0.321 e. The Morgan fingerprint density at radius 2 is 1.57 bits per heavy atom. The second-order valence-corrected chi connectivity index (χ2v) is 6.22. The van der Waals surface area contributed by atoms with Gasteiger partial charge in [-0.3, -0.25) is 4.57 Å². The van der Waals surface area contributed by atoms with E-state index in [1.54, 1.807) is 14.1 Å². The van der Waals surface area contributed by atoms with Crippen molar-refractivity contribution in [2.24, 2.45) is 0 Å². The molecule has 0 N–H and O–H groups in total. The van der Waals surface area contributed by atoms with Crippen molar-refractivity contribution in [2.45, 2.75) is 0 Å². The predicted octanol–water partition coefficient (Wildman–Crippen LogP) is 2.13. The van der Waals surface area contributed by atoms with Crippen LogP contribution in [0, 0.1) is 0 Å². The summed E-state index contributed by atoms with van der Waals surface area (Å²) in [5.41, 5.74) is 0. The summed E-state index contributed by atoms with van der Waals surface area (Å²) in [5.74, 6) is -2.96. The molecule has 0 aromatic carbocycles. The molecular weight excluding hydrogens is 156 g/mol. The fourth-order valence-electron chi connectivity index (χ4n) is 0. The van der Waals surface area contributed by atoms with Gasteiger partial charge in [-0.05, 0) is 36.6 Å². The van der Waals surface area contributed by atoms with Crippen LogP contribution in [0.5, 0.6) is 0 Å². The van der Waals surface area contributed by atoms with Gasteiger partial charge in [-0.15, -0.1) is 0 Å². The number of halogens is 2. The maximum Gasteiger partial charge on any atom is 0.321 e. The Balaban J connectivity index is 3.80. The minimum absolute atomic E-state index is 1.27. The van der Waals surface area contributed by atoms with Gasteiger partial charge in [0.05, 0.1) is 0 Å². The van der Waals surface area contributed by atoms with Crippen LogP contribution in [0.15, 0.2) is 0 Å².